The number of carbonyl (C=O) groups is 1. The van der Waals surface area contributed by atoms with Gasteiger partial charge in [-0.05, 0) is 45.1 Å². The summed E-state index contributed by atoms with van der Waals surface area (Å²) in [7, 11) is 2.12. The number of hydrogen-bond donors (Lipinski definition) is 0. The molecule has 2 atom stereocenters. The van der Waals surface area contributed by atoms with E-state index >= 15 is 0 Å². The third-order valence-electron chi connectivity index (χ3n) is 4.71. The molecule has 1 saturated carbocycles. The van der Waals surface area contributed by atoms with Crippen LogP contribution in [0.2, 0.25) is 0 Å². The van der Waals surface area contributed by atoms with Crippen molar-refractivity contribution in [2.24, 2.45) is 5.92 Å². The van der Waals surface area contributed by atoms with Crippen LogP contribution in [0.1, 0.15) is 32.1 Å². The van der Waals surface area contributed by atoms with Gasteiger partial charge in [0, 0.05) is 32.8 Å². The fraction of sp³-hybridized carbons (Fsp3) is 0.938. The van der Waals surface area contributed by atoms with E-state index in [1.807, 2.05) is 4.90 Å². The van der Waals surface area contributed by atoms with Gasteiger partial charge < -0.3 is 19.3 Å². The molecule has 3 rings (SSSR count). The quantitative estimate of drug-likeness (QED) is 0.762. The molecular formula is C16H28N2O3. The van der Waals surface area contributed by atoms with Crippen molar-refractivity contribution in [1.82, 2.24) is 9.80 Å². The predicted octanol–water partition coefficient (Wildman–Crippen LogP) is 1.12. The molecule has 3 fully saturated rings. The molecule has 5 nitrogen and oxygen atoms in total. The molecule has 3 aliphatic rings. The number of ether oxygens (including phenoxy) is 2. The van der Waals surface area contributed by atoms with E-state index < -0.39 is 0 Å². The first kappa shape index (κ1) is 15.3. The highest BCUT2D eigenvalue weighted by Gasteiger charge is 2.33. The lowest BCUT2D eigenvalue weighted by Crippen LogP contribution is -2.50. The van der Waals surface area contributed by atoms with Crippen LogP contribution in [-0.4, -0.2) is 74.4 Å². The Hall–Kier alpha value is -0.650. The minimum atomic E-state index is -0.209. The van der Waals surface area contributed by atoms with Gasteiger partial charge in [-0.1, -0.05) is 0 Å². The van der Waals surface area contributed by atoms with Crippen molar-refractivity contribution < 1.29 is 14.3 Å². The maximum absolute atomic E-state index is 12.7. The molecule has 1 amide bonds. The Kier molecular flexibility index (Phi) is 5.14. The summed E-state index contributed by atoms with van der Waals surface area (Å²) in [6, 6.07) is 0. The zero-order valence-electron chi connectivity index (χ0n) is 13.1. The first-order valence-electron chi connectivity index (χ1n) is 8.43. The standard InChI is InChI=1S/C16H28N2O3/c1-17-7-9-20-14(11-17)12-18(10-13-5-6-13)16(19)15-4-2-3-8-21-15/h13-15H,2-12H2,1H3/t14-,15-/m0/s1. The van der Waals surface area contributed by atoms with E-state index in [1.165, 1.54) is 12.8 Å². The summed E-state index contributed by atoms with van der Waals surface area (Å²) < 4.78 is 11.5. The maximum atomic E-state index is 12.7. The SMILES string of the molecule is CN1CCO[C@H](CN(CC2CC2)C(=O)[C@@H]2CCCCO2)C1. The lowest BCUT2D eigenvalue weighted by Gasteiger charge is -2.35. The molecule has 1 aliphatic carbocycles. The number of likely N-dealkylation sites (N-methyl/N-ethyl adjacent to an activating group) is 1. The first-order chi connectivity index (χ1) is 10.2. The summed E-state index contributed by atoms with van der Waals surface area (Å²) in [4.78, 5) is 17.1. The normalized spacial score (nSPS) is 31.1. The van der Waals surface area contributed by atoms with Gasteiger partial charge in [0.1, 0.15) is 6.10 Å². The summed E-state index contributed by atoms with van der Waals surface area (Å²) in [5.74, 6) is 0.900. The summed E-state index contributed by atoms with van der Waals surface area (Å²) in [6.45, 7) is 5.02. The van der Waals surface area contributed by atoms with E-state index in [0.29, 0.717) is 5.92 Å². The monoisotopic (exact) mass is 296 g/mol. The van der Waals surface area contributed by atoms with Gasteiger partial charge in [0.2, 0.25) is 0 Å². The number of morpholine rings is 1. The van der Waals surface area contributed by atoms with Crippen molar-refractivity contribution in [1.29, 1.82) is 0 Å². The van der Waals surface area contributed by atoms with Crippen molar-refractivity contribution in [3.05, 3.63) is 0 Å². The molecule has 0 unspecified atom stereocenters. The van der Waals surface area contributed by atoms with Crippen molar-refractivity contribution in [2.45, 2.75) is 44.3 Å². The van der Waals surface area contributed by atoms with E-state index in [1.54, 1.807) is 0 Å². The largest absolute Gasteiger partial charge is 0.374 e. The number of nitrogens with zero attached hydrogens (tertiary/aromatic N) is 2. The second kappa shape index (κ2) is 7.07. The van der Waals surface area contributed by atoms with Crippen LogP contribution in [0.5, 0.6) is 0 Å². The van der Waals surface area contributed by atoms with Crippen LogP contribution in [0.4, 0.5) is 0 Å². The highest BCUT2D eigenvalue weighted by atomic mass is 16.5. The van der Waals surface area contributed by atoms with Gasteiger partial charge in [0.15, 0.2) is 0 Å². The third kappa shape index (κ3) is 4.41. The van der Waals surface area contributed by atoms with Gasteiger partial charge in [-0.15, -0.1) is 0 Å². The number of amides is 1. The molecule has 0 aromatic rings. The minimum Gasteiger partial charge on any atom is -0.374 e. The molecule has 2 saturated heterocycles. The van der Waals surface area contributed by atoms with Crippen LogP contribution in [0.15, 0.2) is 0 Å². The van der Waals surface area contributed by atoms with Gasteiger partial charge in [-0.25, -0.2) is 0 Å². The third-order valence-corrected chi connectivity index (χ3v) is 4.71. The lowest BCUT2D eigenvalue weighted by atomic mass is 10.1. The summed E-state index contributed by atoms with van der Waals surface area (Å²) in [5.41, 5.74) is 0. The smallest absolute Gasteiger partial charge is 0.251 e. The van der Waals surface area contributed by atoms with Gasteiger partial charge in [0.25, 0.3) is 5.91 Å². The molecule has 0 bridgehead atoms. The molecule has 120 valence electrons. The van der Waals surface area contributed by atoms with Gasteiger partial charge >= 0.3 is 0 Å². The molecule has 0 spiro atoms. The minimum absolute atomic E-state index is 0.148. The second-order valence-corrected chi connectivity index (χ2v) is 6.80. The van der Waals surface area contributed by atoms with E-state index in [0.717, 1.165) is 58.7 Å². The van der Waals surface area contributed by atoms with Gasteiger partial charge in [0.05, 0.1) is 12.7 Å². The highest BCUT2D eigenvalue weighted by Crippen LogP contribution is 2.30. The predicted molar refractivity (Wildman–Crippen MR) is 80.1 cm³/mol. The summed E-state index contributed by atoms with van der Waals surface area (Å²) >= 11 is 0. The van der Waals surface area contributed by atoms with E-state index in [9.17, 15) is 4.79 Å². The number of hydrogen-bond acceptors (Lipinski definition) is 4. The average molecular weight is 296 g/mol. The molecule has 21 heavy (non-hydrogen) atoms. The molecule has 2 heterocycles. The second-order valence-electron chi connectivity index (χ2n) is 6.80. The van der Waals surface area contributed by atoms with E-state index in [-0.39, 0.29) is 18.1 Å². The number of carbonyl (C=O) groups excluding carboxylic acids is 1. The van der Waals surface area contributed by atoms with Crippen LogP contribution >= 0.6 is 0 Å². The fourth-order valence-electron chi connectivity index (χ4n) is 3.23. The van der Waals surface area contributed by atoms with Crippen LogP contribution in [0, 0.1) is 5.92 Å². The molecule has 5 heteroatoms. The molecule has 0 aromatic heterocycles. The molecule has 0 radical (unpaired) electrons. The molecule has 0 N–H and O–H groups in total. The van der Waals surface area contributed by atoms with Crippen LogP contribution in [0.25, 0.3) is 0 Å². The first-order valence-corrected chi connectivity index (χ1v) is 8.43. The van der Waals surface area contributed by atoms with Crippen molar-refractivity contribution >= 4 is 5.91 Å². The Morgan fingerprint density at radius 1 is 1.14 bits per heavy atom. The highest BCUT2D eigenvalue weighted by molar-refractivity contribution is 5.81. The summed E-state index contributed by atoms with van der Waals surface area (Å²) in [5, 5.41) is 0. The Balaban J connectivity index is 1.57. The number of rotatable bonds is 5. The van der Waals surface area contributed by atoms with Gasteiger partial charge in [-0.2, -0.15) is 0 Å². The molecule has 2 aliphatic heterocycles. The van der Waals surface area contributed by atoms with E-state index in [2.05, 4.69) is 11.9 Å². The Bertz CT molecular complexity index is 353. The Morgan fingerprint density at radius 3 is 2.67 bits per heavy atom. The van der Waals surface area contributed by atoms with Crippen LogP contribution < -0.4 is 0 Å². The van der Waals surface area contributed by atoms with E-state index in [4.69, 9.17) is 9.47 Å². The Labute approximate surface area is 127 Å². The van der Waals surface area contributed by atoms with Crippen molar-refractivity contribution in [2.75, 3.05) is 46.4 Å². The maximum Gasteiger partial charge on any atom is 0.251 e. The lowest BCUT2D eigenvalue weighted by molar-refractivity contribution is -0.149. The zero-order chi connectivity index (χ0) is 14.7. The zero-order valence-corrected chi connectivity index (χ0v) is 13.1. The fourth-order valence-corrected chi connectivity index (χ4v) is 3.23. The van der Waals surface area contributed by atoms with Crippen molar-refractivity contribution in [3.8, 4) is 0 Å². The molecular weight excluding hydrogens is 268 g/mol. The van der Waals surface area contributed by atoms with Gasteiger partial charge in [-0.3, -0.25) is 4.79 Å². The average Bonchev–Trinajstić information content (AvgIpc) is 3.31. The van der Waals surface area contributed by atoms with Crippen molar-refractivity contribution in [3.63, 3.8) is 0 Å². The van der Waals surface area contributed by atoms with Crippen LogP contribution in [0.3, 0.4) is 0 Å². The molecule has 0 aromatic carbocycles. The Morgan fingerprint density at radius 2 is 2.00 bits per heavy atom. The topological polar surface area (TPSA) is 42.0 Å². The summed E-state index contributed by atoms with van der Waals surface area (Å²) in [6.07, 6.45) is 5.54. The van der Waals surface area contributed by atoms with Crippen LogP contribution in [-0.2, 0) is 14.3 Å².